The van der Waals surface area contributed by atoms with E-state index in [1.54, 1.807) is 0 Å². The molecule has 0 amide bonds. The molecule has 2 aromatic rings. The predicted octanol–water partition coefficient (Wildman–Crippen LogP) is 3.16. The maximum atomic E-state index is 12.7. The van der Waals surface area contributed by atoms with Crippen LogP contribution in [-0.2, 0) is 15.9 Å². The quantitative estimate of drug-likeness (QED) is 0.793. The second kappa shape index (κ2) is 5.10. The monoisotopic (exact) mass is 280 g/mol. The summed E-state index contributed by atoms with van der Waals surface area (Å²) >= 11 is 0. The highest BCUT2D eigenvalue weighted by molar-refractivity contribution is 5.98. The van der Waals surface area contributed by atoms with Crippen LogP contribution in [0, 0.1) is 5.92 Å². The summed E-state index contributed by atoms with van der Waals surface area (Å²) in [6.45, 7) is 0.428. The van der Waals surface area contributed by atoms with E-state index >= 15 is 0 Å². The van der Waals surface area contributed by atoms with Gasteiger partial charge in [0.25, 0.3) is 0 Å². The van der Waals surface area contributed by atoms with Crippen LogP contribution >= 0.6 is 0 Å². The lowest BCUT2D eigenvalue weighted by molar-refractivity contribution is -0.236. The zero-order valence-electron chi connectivity index (χ0n) is 11.6. The van der Waals surface area contributed by atoms with E-state index in [4.69, 9.17) is 9.47 Å². The Balaban J connectivity index is 1.71. The Kier molecular flexibility index (Phi) is 3.09. The Morgan fingerprint density at radius 2 is 1.76 bits per heavy atom. The van der Waals surface area contributed by atoms with Gasteiger partial charge < -0.3 is 9.47 Å². The van der Waals surface area contributed by atoms with Crippen molar-refractivity contribution in [1.29, 1.82) is 0 Å². The molecule has 0 aliphatic carbocycles. The molecule has 3 nitrogen and oxygen atoms in total. The fraction of sp³-hybridized carbons (Fsp3) is 0.278. The van der Waals surface area contributed by atoms with Gasteiger partial charge in [-0.2, -0.15) is 0 Å². The minimum atomic E-state index is -0.273. The minimum absolute atomic E-state index is 0.0933. The lowest BCUT2D eigenvalue weighted by atomic mass is 9.84. The molecule has 0 saturated carbocycles. The molecule has 3 heteroatoms. The smallest absolute Gasteiger partial charge is 0.171 e. The average Bonchev–Trinajstić information content (AvgIpc) is 2.55. The number of hydrogen-bond donors (Lipinski definition) is 0. The summed E-state index contributed by atoms with van der Waals surface area (Å²) < 4.78 is 11.7. The highest BCUT2D eigenvalue weighted by Crippen LogP contribution is 2.40. The molecular formula is C18H16O3. The number of carbonyl (C=O) groups excluding carboxylic acids is 1. The van der Waals surface area contributed by atoms with Gasteiger partial charge in [0.05, 0.1) is 18.6 Å². The SMILES string of the molecule is O=C(c1ccccc1)[C@@H]1CO[C@@H]2Cc3ccccc3[C@H]1O2. The summed E-state index contributed by atoms with van der Waals surface area (Å²) in [5.74, 6) is -0.180. The van der Waals surface area contributed by atoms with E-state index in [9.17, 15) is 4.79 Å². The molecule has 1 fully saturated rings. The van der Waals surface area contributed by atoms with Crippen LogP contribution in [0.15, 0.2) is 54.6 Å². The van der Waals surface area contributed by atoms with E-state index in [1.807, 2.05) is 42.5 Å². The molecule has 21 heavy (non-hydrogen) atoms. The molecule has 0 radical (unpaired) electrons. The van der Waals surface area contributed by atoms with Gasteiger partial charge in [-0.25, -0.2) is 0 Å². The second-order valence-electron chi connectivity index (χ2n) is 5.56. The lowest BCUT2D eigenvalue weighted by Gasteiger charge is -2.40. The van der Waals surface area contributed by atoms with Gasteiger partial charge >= 0.3 is 0 Å². The number of benzene rings is 2. The number of carbonyl (C=O) groups is 1. The van der Waals surface area contributed by atoms with E-state index in [0.29, 0.717) is 6.61 Å². The Morgan fingerprint density at radius 3 is 2.62 bits per heavy atom. The van der Waals surface area contributed by atoms with E-state index in [1.165, 1.54) is 5.56 Å². The van der Waals surface area contributed by atoms with Gasteiger partial charge in [0.15, 0.2) is 12.1 Å². The van der Waals surface area contributed by atoms with Gasteiger partial charge in [-0.15, -0.1) is 0 Å². The minimum Gasteiger partial charge on any atom is -0.351 e. The van der Waals surface area contributed by atoms with Crippen molar-refractivity contribution in [3.05, 3.63) is 71.3 Å². The second-order valence-corrected chi connectivity index (χ2v) is 5.56. The van der Waals surface area contributed by atoms with Crippen LogP contribution in [0.1, 0.15) is 27.6 Å². The van der Waals surface area contributed by atoms with Crippen molar-refractivity contribution in [2.24, 2.45) is 5.92 Å². The summed E-state index contributed by atoms with van der Waals surface area (Å²) in [4.78, 5) is 12.7. The standard InChI is InChI=1S/C18H16O3/c19-17(12-6-2-1-3-7-12)15-11-20-16-10-13-8-4-5-9-14(13)18(15)21-16/h1-9,15-16,18H,10-11H2/t15-,16-,18+/m0/s1. The summed E-state index contributed by atoms with van der Waals surface area (Å²) in [5.41, 5.74) is 3.08. The molecule has 0 unspecified atom stereocenters. The molecule has 0 aromatic heterocycles. The van der Waals surface area contributed by atoms with Crippen LogP contribution in [0.3, 0.4) is 0 Å². The Morgan fingerprint density at radius 1 is 1.00 bits per heavy atom. The number of ether oxygens (including phenoxy) is 2. The third kappa shape index (κ3) is 2.19. The van der Waals surface area contributed by atoms with Crippen LogP contribution in [-0.4, -0.2) is 18.7 Å². The van der Waals surface area contributed by atoms with E-state index < -0.39 is 0 Å². The van der Waals surface area contributed by atoms with Gasteiger partial charge in [0, 0.05) is 12.0 Å². The number of Topliss-reactive ketones (excluding diaryl/α,β-unsaturated/α-hetero) is 1. The highest BCUT2D eigenvalue weighted by atomic mass is 16.7. The zero-order chi connectivity index (χ0) is 14.2. The van der Waals surface area contributed by atoms with Crippen molar-refractivity contribution in [2.75, 3.05) is 6.61 Å². The first kappa shape index (κ1) is 12.7. The topological polar surface area (TPSA) is 35.5 Å². The molecule has 0 spiro atoms. The molecule has 2 bridgehead atoms. The van der Waals surface area contributed by atoms with Crippen molar-refractivity contribution in [3.8, 4) is 0 Å². The summed E-state index contributed by atoms with van der Waals surface area (Å²) in [7, 11) is 0. The lowest BCUT2D eigenvalue weighted by Crippen LogP contribution is -2.43. The van der Waals surface area contributed by atoms with Crippen molar-refractivity contribution >= 4 is 5.78 Å². The van der Waals surface area contributed by atoms with Crippen LogP contribution < -0.4 is 0 Å². The number of ketones is 1. The molecule has 2 aliphatic heterocycles. The predicted molar refractivity (Wildman–Crippen MR) is 78.0 cm³/mol. The fourth-order valence-corrected chi connectivity index (χ4v) is 3.20. The van der Waals surface area contributed by atoms with Crippen molar-refractivity contribution < 1.29 is 14.3 Å². The largest absolute Gasteiger partial charge is 0.351 e. The number of rotatable bonds is 2. The maximum Gasteiger partial charge on any atom is 0.171 e. The van der Waals surface area contributed by atoms with Gasteiger partial charge in [-0.1, -0.05) is 54.6 Å². The van der Waals surface area contributed by atoms with Crippen LogP contribution in [0.5, 0.6) is 0 Å². The number of fused-ring (bicyclic) bond motifs is 4. The Hall–Kier alpha value is -1.97. The average molecular weight is 280 g/mol. The molecule has 106 valence electrons. The highest BCUT2D eigenvalue weighted by Gasteiger charge is 2.41. The normalized spacial score (nSPS) is 27.0. The first-order chi connectivity index (χ1) is 10.3. The Labute approximate surface area is 123 Å². The maximum absolute atomic E-state index is 12.7. The van der Waals surface area contributed by atoms with Crippen LogP contribution in [0.2, 0.25) is 0 Å². The Bertz CT molecular complexity index is 665. The zero-order valence-corrected chi connectivity index (χ0v) is 11.6. The van der Waals surface area contributed by atoms with Gasteiger partial charge in [0.2, 0.25) is 0 Å². The van der Waals surface area contributed by atoms with E-state index in [-0.39, 0.29) is 24.1 Å². The van der Waals surface area contributed by atoms with Crippen molar-refractivity contribution in [3.63, 3.8) is 0 Å². The first-order valence-electron chi connectivity index (χ1n) is 7.27. The first-order valence-corrected chi connectivity index (χ1v) is 7.27. The number of hydrogen-bond acceptors (Lipinski definition) is 3. The van der Waals surface area contributed by atoms with Gasteiger partial charge in [-0.05, 0) is 11.1 Å². The molecule has 1 saturated heterocycles. The summed E-state index contributed by atoms with van der Waals surface area (Å²) in [5, 5.41) is 0. The van der Waals surface area contributed by atoms with Crippen molar-refractivity contribution in [1.82, 2.24) is 0 Å². The molecule has 2 aliphatic rings. The van der Waals surface area contributed by atoms with E-state index in [2.05, 4.69) is 12.1 Å². The van der Waals surface area contributed by atoms with Gasteiger partial charge in [-0.3, -0.25) is 4.79 Å². The third-order valence-electron chi connectivity index (χ3n) is 4.27. The van der Waals surface area contributed by atoms with Crippen LogP contribution in [0.4, 0.5) is 0 Å². The third-order valence-corrected chi connectivity index (χ3v) is 4.27. The molecule has 2 heterocycles. The van der Waals surface area contributed by atoms with E-state index in [0.717, 1.165) is 17.5 Å². The van der Waals surface area contributed by atoms with Crippen molar-refractivity contribution in [2.45, 2.75) is 18.8 Å². The fourth-order valence-electron chi connectivity index (χ4n) is 3.20. The molecular weight excluding hydrogens is 264 g/mol. The molecule has 4 rings (SSSR count). The summed E-state index contributed by atoms with van der Waals surface area (Å²) in [6, 6.07) is 17.6. The van der Waals surface area contributed by atoms with Crippen LogP contribution in [0.25, 0.3) is 0 Å². The molecule has 0 N–H and O–H groups in total. The van der Waals surface area contributed by atoms with Gasteiger partial charge in [0.1, 0.15) is 0 Å². The summed E-state index contributed by atoms with van der Waals surface area (Å²) in [6.07, 6.45) is 0.352. The molecule has 2 aromatic carbocycles. The molecule has 3 atom stereocenters.